The van der Waals surface area contributed by atoms with Crippen molar-refractivity contribution in [1.82, 2.24) is 138 Å². The molecule has 0 radical (unpaired) electrons. The number of nitrogens with zero attached hydrogens (tertiary/aromatic N) is 24. The molecule has 12 aromatic heterocycles. The fraction of sp³-hybridized carbons (Fsp3) is 0.294. The average molecular weight is 1220 g/mol. The number of aryl methyl sites for hydroxylation is 9. The van der Waals surface area contributed by atoms with Crippen LogP contribution in [0, 0.1) is 19.3 Å². The van der Waals surface area contributed by atoms with Crippen molar-refractivity contribution in [1.29, 1.82) is 0 Å². The SMILES string of the molecule is [3H]n1ccc(OCc2c(C#C)cn(C)c2-n2nnn(C)c2=O)n1.[3H]n1ccc(OCc2c(C)cn(C)c2-n2nnn(C)c2=O)n1.[3H]n1ccc(OCc2c(C=C)cn(C)c2-n2nnn(C)c2=O)n1.[3H]n1ccc(OCc2c(OCC)cn(C)c2-n2nnn(C)c2=O)n1. The zero-order valence-corrected chi connectivity index (χ0v) is 49.0. The van der Waals surface area contributed by atoms with E-state index in [4.69, 9.17) is 35.8 Å². The first-order valence-electron chi connectivity index (χ1n) is 27.9. The van der Waals surface area contributed by atoms with Crippen LogP contribution in [0.2, 0.25) is 5.65 Å². The van der Waals surface area contributed by atoms with Gasteiger partial charge >= 0.3 is 22.8 Å². The first-order chi connectivity index (χ1) is 44.0. The normalized spacial score (nSPS) is 11.5. The average Bonchev–Trinajstić information content (AvgIpc) is 1.69. The summed E-state index contributed by atoms with van der Waals surface area (Å²) in [6.07, 6.45) is 20.2. The first kappa shape index (κ1) is 55.0. The van der Waals surface area contributed by atoms with Crippen molar-refractivity contribution >= 4 is 6.08 Å². The topological polar surface area (TPSA) is 391 Å². The molecule has 0 bridgehead atoms. The maximum atomic E-state index is 12.2. The standard InChI is InChI=1S/C13H17N7O3.C13H15N7O2.C13H13N7O2.C12H15N7O2/c1-4-22-10-7-18(2)12(20-13(21)19(3)16-17-20)9(10)8-23-11-5-6-14-15-11;2*1-4-9-7-18(2)12(20-13(21)19(3)16-17-20)10(9)8-22-11-5-6-14-15-11;1-8-6-17(2)11(19-12(20)18(3)15-16-19)9(8)7-21-10-4-5-13-14-10/h5-7H,4,8H2,1-3H3,(H,14,15);4-7H,1,8H2,2-3H3,(H,14,15);1,5-7H,8H2,2-3H3,(H,14,15);4-6H,7H2,1-3H3,(H,13,14)/i/hT4. The summed E-state index contributed by atoms with van der Waals surface area (Å²) in [5.74, 6) is 6.50. The van der Waals surface area contributed by atoms with Gasteiger partial charge in [0.2, 0.25) is 23.5 Å². The lowest BCUT2D eigenvalue weighted by molar-refractivity contribution is 0.278. The molecule has 37 heteroatoms. The van der Waals surface area contributed by atoms with Crippen molar-refractivity contribution in [2.24, 2.45) is 56.4 Å². The van der Waals surface area contributed by atoms with Gasteiger partial charge in [0.1, 0.15) is 49.6 Å². The second kappa shape index (κ2) is 26.5. The lowest BCUT2D eigenvalue weighted by Gasteiger charge is -2.08. The molecule has 12 heterocycles. The molecule has 0 aliphatic carbocycles. The smallest absolute Gasteiger partial charge is 0.369 e. The molecule has 0 aromatic carbocycles. The minimum atomic E-state index is -0.397. The number of ether oxygens (including phenoxy) is 5. The van der Waals surface area contributed by atoms with Crippen molar-refractivity contribution in [2.45, 2.75) is 40.3 Å². The van der Waals surface area contributed by atoms with Gasteiger partial charge in [-0.25, -0.2) is 19.2 Å². The Balaban J connectivity index is 0.000000145. The van der Waals surface area contributed by atoms with E-state index in [0.717, 1.165) is 66.0 Å². The highest BCUT2D eigenvalue weighted by atomic mass is 16.5. The van der Waals surface area contributed by atoms with Crippen LogP contribution in [0.3, 0.4) is 0 Å². The summed E-state index contributed by atoms with van der Waals surface area (Å²) in [6.45, 7) is 8.58. The van der Waals surface area contributed by atoms with E-state index in [0.29, 0.717) is 70.0 Å². The van der Waals surface area contributed by atoms with Crippen LogP contribution in [0.1, 0.15) is 45.9 Å². The summed E-state index contributed by atoms with van der Waals surface area (Å²) in [7, 11) is 13.2. The van der Waals surface area contributed by atoms with Gasteiger partial charge in [-0.3, -0.25) is 20.4 Å². The number of rotatable bonds is 19. The lowest BCUT2D eigenvalue weighted by atomic mass is 10.2. The van der Waals surface area contributed by atoms with Gasteiger partial charge in [-0.2, -0.15) is 18.7 Å². The number of H-pyrrole nitrogens is 4. The van der Waals surface area contributed by atoms with Crippen LogP contribution in [0.25, 0.3) is 29.3 Å². The molecule has 37 nitrogen and oxygen atoms in total. The fourth-order valence-corrected chi connectivity index (χ4v) is 8.67. The predicted molar refractivity (Wildman–Crippen MR) is 308 cm³/mol. The molecule has 0 unspecified atom stereocenters. The number of hydrogen-bond acceptors (Lipinski definition) is 21. The Hall–Kier alpha value is -12.3. The fourth-order valence-electron chi connectivity index (χ4n) is 8.67. The van der Waals surface area contributed by atoms with Gasteiger partial charge in [0, 0.05) is 152 Å². The molecule has 0 fully saturated rings. The molecule has 88 heavy (non-hydrogen) atoms. The highest BCUT2D eigenvalue weighted by molar-refractivity contribution is 5.57. The molecule has 4 N–H and O–H groups in total. The van der Waals surface area contributed by atoms with Gasteiger partial charge in [0.25, 0.3) is 0 Å². The van der Waals surface area contributed by atoms with Crippen LogP contribution < -0.4 is 46.4 Å². The number of nitrogens with one attached hydrogen (secondary N) is 4. The highest BCUT2D eigenvalue weighted by Crippen LogP contribution is 2.29. The number of aromatic amines is 4. The number of tetrazole rings is 4. The van der Waals surface area contributed by atoms with Crippen molar-refractivity contribution < 1.29 is 29.3 Å². The van der Waals surface area contributed by atoms with Crippen LogP contribution in [0.5, 0.6) is 29.3 Å². The largest absolute Gasteiger partial charge is 0.492 e. The van der Waals surface area contributed by atoms with Crippen LogP contribution in [0.15, 0.2) is 99.6 Å². The van der Waals surface area contributed by atoms with E-state index < -0.39 is 5.69 Å². The zero-order valence-electron chi connectivity index (χ0n) is 53.0. The van der Waals surface area contributed by atoms with Crippen molar-refractivity contribution in [3.8, 4) is 64.9 Å². The van der Waals surface area contributed by atoms with Gasteiger partial charge in [0.15, 0.2) is 11.5 Å². The molecular weight excluding hydrogens is 1150 g/mol. The maximum absolute atomic E-state index is 12.2. The molecule has 0 amide bonds. The number of terminal acetylenes is 1. The lowest BCUT2D eigenvalue weighted by Crippen LogP contribution is -2.24. The summed E-state index contributed by atoms with van der Waals surface area (Å²) in [5.41, 5.74) is 3.66. The molecule has 12 rings (SSSR count). The third-order valence-electron chi connectivity index (χ3n) is 12.8. The quantitative estimate of drug-likeness (QED) is 0.0759. The maximum Gasteiger partial charge on any atom is 0.369 e. The summed E-state index contributed by atoms with van der Waals surface area (Å²) in [4.78, 5) is 48.5. The van der Waals surface area contributed by atoms with Gasteiger partial charge in [-0.05, 0) is 61.1 Å². The Kier molecular flexibility index (Phi) is 16.6. The Morgan fingerprint density at radius 2 is 0.830 bits per heavy atom. The third-order valence-corrected chi connectivity index (χ3v) is 12.8. The van der Waals surface area contributed by atoms with Crippen molar-refractivity contribution in [3.05, 3.63) is 161 Å². The molecule has 12 aromatic rings. The van der Waals surface area contributed by atoms with Gasteiger partial charge < -0.3 is 42.0 Å². The summed E-state index contributed by atoms with van der Waals surface area (Å²) in [6, 6.07) is 6.31. The first-order valence-corrected chi connectivity index (χ1v) is 26.1. The summed E-state index contributed by atoms with van der Waals surface area (Å²) < 4.78 is 73.6. The van der Waals surface area contributed by atoms with Gasteiger partial charge in [-0.1, -0.05) is 18.6 Å². The van der Waals surface area contributed by atoms with E-state index in [2.05, 4.69) is 74.6 Å². The second-order valence-corrected chi connectivity index (χ2v) is 18.7. The Labute approximate surface area is 501 Å². The molecule has 458 valence electrons. The van der Waals surface area contributed by atoms with Gasteiger partial charge in [-0.15, -0.1) is 45.5 Å². The Morgan fingerprint density at radius 3 is 1.19 bits per heavy atom. The molecule has 0 saturated carbocycles. The van der Waals surface area contributed by atoms with Crippen LogP contribution in [-0.2, 0) is 82.8 Å². The minimum Gasteiger partial charge on any atom is -0.492 e. The summed E-state index contributed by atoms with van der Waals surface area (Å²) in [5, 5.41) is 49.3. The second-order valence-electron chi connectivity index (χ2n) is 18.7. The molecule has 0 saturated heterocycles. The van der Waals surface area contributed by atoms with E-state index in [1.807, 2.05) is 33.3 Å². The van der Waals surface area contributed by atoms with E-state index in [1.54, 1.807) is 89.2 Å². The molecule has 0 aliphatic heterocycles. The van der Waals surface area contributed by atoms with Crippen LogP contribution in [0.4, 0.5) is 0 Å². The molecular formula is C51H60N28O9. The van der Waals surface area contributed by atoms with E-state index >= 15 is 0 Å². The highest BCUT2D eigenvalue weighted by Gasteiger charge is 2.24. The molecule has 0 atom stereocenters. The monoisotopic (exact) mass is 1220 g/mol. The van der Waals surface area contributed by atoms with E-state index in [9.17, 15) is 19.2 Å². The minimum absolute atomic E-state index is 0.0791. The third kappa shape index (κ3) is 12.8. The Morgan fingerprint density at radius 1 is 0.489 bits per heavy atom. The molecule has 0 aliphatic rings. The van der Waals surface area contributed by atoms with Crippen LogP contribution >= 0.6 is 0 Å². The van der Waals surface area contributed by atoms with Crippen molar-refractivity contribution in [2.75, 3.05) is 6.61 Å². The zero-order chi connectivity index (χ0) is 66.2. The predicted octanol–water partition coefficient (Wildman–Crippen LogP) is -0.242. The van der Waals surface area contributed by atoms with E-state index in [-0.39, 0.29) is 49.4 Å². The number of hydrogen-bond donors (Lipinski definition) is 4. The van der Waals surface area contributed by atoms with Crippen LogP contribution in [-0.4, -0.2) is 145 Å². The van der Waals surface area contributed by atoms with E-state index in [1.165, 1.54) is 60.0 Å². The summed E-state index contributed by atoms with van der Waals surface area (Å²) >= 11 is 0. The van der Waals surface area contributed by atoms with Gasteiger partial charge in [0.05, 0.1) is 17.7 Å². The van der Waals surface area contributed by atoms with Crippen molar-refractivity contribution in [3.63, 3.8) is 0 Å². The number of aromatic nitrogens is 28. The molecule has 0 spiro atoms. The Bertz CT molecular complexity index is 4850.